The van der Waals surface area contributed by atoms with Crippen molar-refractivity contribution < 1.29 is 9.53 Å². The molecule has 4 N–H and O–H groups in total. The zero-order valence-electron chi connectivity index (χ0n) is 14.4. The van der Waals surface area contributed by atoms with Crippen LogP contribution in [-0.4, -0.2) is 16.5 Å². The Morgan fingerprint density at radius 3 is 2.72 bits per heavy atom. The van der Waals surface area contributed by atoms with Crippen LogP contribution in [0.15, 0.2) is 35.1 Å². The van der Waals surface area contributed by atoms with Gasteiger partial charge < -0.3 is 20.8 Å². The Labute approximate surface area is 152 Å². The van der Waals surface area contributed by atoms with Crippen LogP contribution in [0.4, 0.5) is 5.69 Å². The number of rotatable bonds is 2. The van der Waals surface area contributed by atoms with Gasteiger partial charge >= 0.3 is 0 Å². The number of nitrogens with one attached hydrogen (secondary N) is 2. The maximum absolute atomic E-state index is 12.5. The van der Waals surface area contributed by atoms with Crippen LogP contribution in [0.25, 0.3) is 0 Å². The summed E-state index contributed by atoms with van der Waals surface area (Å²) < 4.78 is 5.96. The summed E-state index contributed by atoms with van der Waals surface area (Å²) in [6, 6.07) is 8.34. The number of carbonyl (C=O) groups is 1. The number of amides is 1. The van der Waals surface area contributed by atoms with Crippen molar-refractivity contribution >= 4 is 24.0 Å². The predicted octanol–water partition coefficient (Wildman–Crippen LogP) is 2.72. The van der Waals surface area contributed by atoms with Crippen LogP contribution in [0.5, 0.6) is 5.75 Å². The minimum absolute atomic E-state index is 0. The molecule has 0 fully saturated rings. The van der Waals surface area contributed by atoms with Crippen molar-refractivity contribution in [3.8, 4) is 5.75 Å². The van der Waals surface area contributed by atoms with Crippen molar-refractivity contribution in [1.82, 2.24) is 10.3 Å². The Morgan fingerprint density at radius 2 is 2.04 bits per heavy atom. The Hall–Kier alpha value is -2.47. The van der Waals surface area contributed by atoms with Crippen molar-refractivity contribution in [2.45, 2.75) is 38.8 Å². The maximum atomic E-state index is 12.5. The van der Waals surface area contributed by atoms with Crippen molar-refractivity contribution in [2.24, 2.45) is 0 Å². The second kappa shape index (κ2) is 6.80. The molecule has 6 nitrogen and oxygen atoms in total. The number of nitrogens with two attached hydrogens (primary N) is 1. The van der Waals surface area contributed by atoms with Crippen LogP contribution in [0.2, 0.25) is 0 Å². The fourth-order valence-electron chi connectivity index (χ4n) is 2.99. The highest BCUT2D eigenvalue weighted by molar-refractivity contribution is 5.94. The molecule has 0 spiro atoms. The largest absolute Gasteiger partial charge is 0.487 e. The standard InChI is InChI=1S/C18H21N3O3.ClH/c1-10-4-6-12(16(22)20-10)17(23)21-14-9-18(2,3)24-15-7-5-11(19)8-13(14)15;/h4-8,14H,9,19H2,1-3H3,(H,20,22)(H,21,23);1H. The third kappa shape index (κ3) is 3.96. The molecule has 2 aromatic rings. The lowest BCUT2D eigenvalue weighted by atomic mass is 9.89. The van der Waals surface area contributed by atoms with Crippen LogP contribution >= 0.6 is 12.4 Å². The van der Waals surface area contributed by atoms with Crippen LogP contribution in [0.1, 0.15) is 47.9 Å². The third-order valence-corrected chi connectivity index (χ3v) is 4.10. The minimum Gasteiger partial charge on any atom is -0.487 e. The highest BCUT2D eigenvalue weighted by Gasteiger charge is 2.35. The number of benzene rings is 1. The Bertz CT molecular complexity index is 861. The number of fused-ring (bicyclic) bond motifs is 1. The molecular weight excluding hydrogens is 342 g/mol. The number of hydrogen-bond acceptors (Lipinski definition) is 4. The lowest BCUT2D eigenvalue weighted by Gasteiger charge is -2.38. The van der Waals surface area contributed by atoms with Gasteiger partial charge in [0.25, 0.3) is 11.5 Å². The zero-order chi connectivity index (χ0) is 17.5. The van der Waals surface area contributed by atoms with E-state index in [0.717, 1.165) is 5.56 Å². The number of aromatic amines is 1. The van der Waals surface area contributed by atoms with E-state index < -0.39 is 17.1 Å². The van der Waals surface area contributed by atoms with E-state index in [4.69, 9.17) is 10.5 Å². The molecule has 0 bridgehead atoms. The molecule has 7 heteroatoms. The van der Waals surface area contributed by atoms with Gasteiger partial charge in [-0.3, -0.25) is 9.59 Å². The molecule has 1 amide bonds. The van der Waals surface area contributed by atoms with E-state index in [1.54, 1.807) is 25.1 Å². The number of ether oxygens (including phenoxy) is 1. The summed E-state index contributed by atoms with van der Waals surface area (Å²) in [4.78, 5) is 27.2. The molecule has 1 atom stereocenters. The summed E-state index contributed by atoms with van der Waals surface area (Å²) in [6.07, 6.45) is 0.582. The number of carbonyl (C=O) groups excluding carboxylic acids is 1. The van der Waals surface area contributed by atoms with Gasteiger partial charge in [-0.15, -0.1) is 12.4 Å². The number of hydrogen-bond donors (Lipinski definition) is 3. The van der Waals surface area contributed by atoms with E-state index in [1.165, 1.54) is 6.07 Å². The van der Waals surface area contributed by atoms with Gasteiger partial charge in [-0.25, -0.2) is 0 Å². The van der Waals surface area contributed by atoms with E-state index in [2.05, 4.69) is 10.3 Å². The van der Waals surface area contributed by atoms with Gasteiger partial charge in [-0.1, -0.05) is 0 Å². The summed E-state index contributed by atoms with van der Waals surface area (Å²) in [6.45, 7) is 5.69. The number of nitrogen functional groups attached to an aromatic ring is 1. The first-order valence-corrected chi connectivity index (χ1v) is 7.84. The molecule has 3 rings (SSSR count). The third-order valence-electron chi connectivity index (χ3n) is 4.10. The minimum atomic E-state index is -0.430. The van der Waals surface area contributed by atoms with Gasteiger partial charge in [0.15, 0.2) is 0 Å². The number of aryl methyl sites for hydroxylation is 1. The molecule has 1 aliphatic heterocycles. The van der Waals surface area contributed by atoms with E-state index in [-0.39, 0.29) is 24.0 Å². The first-order valence-electron chi connectivity index (χ1n) is 7.84. The average Bonchev–Trinajstić information content (AvgIpc) is 2.47. The normalized spacial score (nSPS) is 17.6. The molecule has 1 aromatic heterocycles. The predicted molar refractivity (Wildman–Crippen MR) is 99.4 cm³/mol. The SMILES string of the molecule is Cc1ccc(C(=O)NC2CC(C)(C)Oc3ccc(N)cc32)c(=O)[nH]1.Cl. The molecule has 0 saturated carbocycles. The van der Waals surface area contributed by atoms with E-state index in [1.807, 2.05) is 19.9 Å². The molecular formula is C18H22ClN3O3. The smallest absolute Gasteiger partial charge is 0.260 e. The summed E-state index contributed by atoms with van der Waals surface area (Å²) in [5, 5.41) is 2.94. The number of halogens is 1. The maximum Gasteiger partial charge on any atom is 0.260 e. The number of H-pyrrole nitrogens is 1. The molecule has 0 radical (unpaired) electrons. The Morgan fingerprint density at radius 1 is 1.32 bits per heavy atom. The monoisotopic (exact) mass is 363 g/mol. The first kappa shape index (κ1) is 18.9. The van der Waals surface area contributed by atoms with E-state index in [9.17, 15) is 9.59 Å². The van der Waals surface area contributed by atoms with Crippen molar-refractivity contribution in [2.75, 3.05) is 5.73 Å². The summed E-state index contributed by atoms with van der Waals surface area (Å²) in [5.74, 6) is 0.288. The Balaban J connectivity index is 0.00000225. The molecule has 2 heterocycles. The van der Waals surface area contributed by atoms with Crippen molar-refractivity contribution in [3.05, 3.63) is 57.5 Å². The molecule has 25 heavy (non-hydrogen) atoms. The van der Waals surface area contributed by atoms with Gasteiger partial charge in [-0.05, 0) is 51.1 Å². The van der Waals surface area contributed by atoms with Gasteiger partial charge in [0.1, 0.15) is 16.9 Å². The van der Waals surface area contributed by atoms with Crippen LogP contribution in [0, 0.1) is 6.92 Å². The molecule has 134 valence electrons. The lowest BCUT2D eigenvalue weighted by Crippen LogP contribution is -2.42. The van der Waals surface area contributed by atoms with Gasteiger partial charge in [-0.2, -0.15) is 0 Å². The highest BCUT2D eigenvalue weighted by atomic mass is 35.5. The fraction of sp³-hybridized carbons (Fsp3) is 0.333. The summed E-state index contributed by atoms with van der Waals surface area (Å²) in [5.41, 5.74) is 7.27. The van der Waals surface area contributed by atoms with E-state index in [0.29, 0.717) is 23.6 Å². The van der Waals surface area contributed by atoms with Crippen LogP contribution in [0.3, 0.4) is 0 Å². The second-order valence-electron chi connectivity index (χ2n) is 6.77. The van der Waals surface area contributed by atoms with Crippen LogP contribution < -0.4 is 21.3 Å². The average molecular weight is 364 g/mol. The van der Waals surface area contributed by atoms with Crippen molar-refractivity contribution in [3.63, 3.8) is 0 Å². The quantitative estimate of drug-likeness (QED) is 0.714. The summed E-state index contributed by atoms with van der Waals surface area (Å²) in [7, 11) is 0. The van der Waals surface area contributed by atoms with Gasteiger partial charge in [0.2, 0.25) is 0 Å². The van der Waals surface area contributed by atoms with E-state index >= 15 is 0 Å². The van der Waals surface area contributed by atoms with Crippen molar-refractivity contribution in [1.29, 1.82) is 0 Å². The van der Waals surface area contributed by atoms with Gasteiger partial charge in [0, 0.05) is 23.4 Å². The van der Waals surface area contributed by atoms with Crippen LogP contribution in [-0.2, 0) is 0 Å². The molecule has 0 aliphatic carbocycles. The molecule has 1 unspecified atom stereocenters. The number of anilines is 1. The number of aromatic nitrogens is 1. The Kier molecular flexibility index (Phi) is 5.13. The molecule has 0 saturated heterocycles. The zero-order valence-corrected chi connectivity index (χ0v) is 15.2. The highest BCUT2D eigenvalue weighted by Crippen LogP contribution is 2.40. The lowest BCUT2D eigenvalue weighted by molar-refractivity contribution is 0.0619. The molecule has 1 aromatic carbocycles. The number of pyridine rings is 1. The second-order valence-corrected chi connectivity index (χ2v) is 6.77. The first-order chi connectivity index (χ1) is 11.2. The molecule has 1 aliphatic rings. The fourth-order valence-corrected chi connectivity index (χ4v) is 2.99. The topological polar surface area (TPSA) is 97.2 Å². The summed E-state index contributed by atoms with van der Waals surface area (Å²) >= 11 is 0. The van der Waals surface area contributed by atoms with Gasteiger partial charge in [0.05, 0.1) is 6.04 Å².